The summed E-state index contributed by atoms with van der Waals surface area (Å²) in [4.78, 5) is 29.9. The number of fused-ring (bicyclic) bond motifs is 1. The zero-order chi connectivity index (χ0) is 17.1. The van der Waals surface area contributed by atoms with E-state index < -0.39 is 0 Å². The Labute approximate surface area is 148 Å². The van der Waals surface area contributed by atoms with E-state index in [1.807, 2.05) is 31.2 Å². The summed E-state index contributed by atoms with van der Waals surface area (Å²) in [7, 11) is 0. The molecule has 0 saturated heterocycles. The standard InChI is InChI=1S/C17H18N2O3S2/c1-3-22-14(20)10-24-17-18-13-8-9-23-15(13)16(21)19(17)12-6-4-11(2)5-7-12/h4-7H,3,8-10H2,1-2H3. The number of benzene rings is 1. The lowest BCUT2D eigenvalue weighted by molar-refractivity contribution is -0.139. The molecule has 0 N–H and O–H groups in total. The predicted octanol–water partition coefficient (Wildman–Crippen LogP) is 2.84. The summed E-state index contributed by atoms with van der Waals surface area (Å²) in [6.07, 6.45) is 0.789. The molecule has 1 aliphatic rings. The molecule has 0 fully saturated rings. The number of ether oxygens (including phenoxy) is 1. The molecular weight excluding hydrogens is 344 g/mol. The van der Waals surface area contributed by atoms with Crippen molar-refractivity contribution in [2.24, 2.45) is 0 Å². The third-order valence-electron chi connectivity index (χ3n) is 3.58. The minimum atomic E-state index is -0.304. The quantitative estimate of drug-likeness (QED) is 0.463. The van der Waals surface area contributed by atoms with Crippen LogP contribution in [-0.4, -0.2) is 33.6 Å². The number of aryl methyl sites for hydroxylation is 2. The molecule has 0 atom stereocenters. The molecule has 0 spiro atoms. The molecule has 2 aromatic rings. The van der Waals surface area contributed by atoms with Crippen molar-refractivity contribution in [2.75, 3.05) is 18.1 Å². The van der Waals surface area contributed by atoms with Gasteiger partial charge < -0.3 is 4.74 Å². The van der Waals surface area contributed by atoms with Crippen molar-refractivity contribution in [3.63, 3.8) is 0 Å². The van der Waals surface area contributed by atoms with Crippen LogP contribution in [0.4, 0.5) is 0 Å². The van der Waals surface area contributed by atoms with Gasteiger partial charge in [-0.2, -0.15) is 0 Å². The van der Waals surface area contributed by atoms with Crippen molar-refractivity contribution in [2.45, 2.75) is 30.3 Å². The van der Waals surface area contributed by atoms with Crippen molar-refractivity contribution in [3.8, 4) is 5.69 Å². The van der Waals surface area contributed by atoms with Gasteiger partial charge in [0.1, 0.15) is 0 Å². The van der Waals surface area contributed by atoms with Gasteiger partial charge in [-0.3, -0.25) is 14.2 Å². The maximum absolute atomic E-state index is 12.9. The average Bonchev–Trinajstić information content (AvgIpc) is 3.03. The Balaban J connectivity index is 2.03. The molecule has 1 aromatic carbocycles. The maximum atomic E-state index is 12.9. The van der Waals surface area contributed by atoms with Crippen molar-refractivity contribution in [1.29, 1.82) is 0 Å². The maximum Gasteiger partial charge on any atom is 0.316 e. The second kappa shape index (κ2) is 7.44. The fourth-order valence-electron chi connectivity index (χ4n) is 2.44. The normalized spacial score (nSPS) is 12.9. The molecular formula is C17H18N2O3S2. The largest absolute Gasteiger partial charge is 0.465 e. The fraction of sp³-hybridized carbons (Fsp3) is 0.353. The number of rotatable bonds is 5. The summed E-state index contributed by atoms with van der Waals surface area (Å²) in [6, 6.07) is 7.72. The molecule has 126 valence electrons. The molecule has 7 heteroatoms. The van der Waals surface area contributed by atoms with Gasteiger partial charge in [-0.25, -0.2) is 4.98 Å². The van der Waals surface area contributed by atoms with Crippen LogP contribution >= 0.6 is 23.5 Å². The van der Waals surface area contributed by atoms with E-state index in [4.69, 9.17) is 4.74 Å². The molecule has 0 radical (unpaired) electrons. The molecule has 1 aromatic heterocycles. The number of aromatic nitrogens is 2. The van der Waals surface area contributed by atoms with Gasteiger partial charge in [-0.05, 0) is 26.0 Å². The molecule has 1 aliphatic heterocycles. The Bertz CT molecular complexity index is 816. The number of nitrogens with zero attached hydrogens (tertiary/aromatic N) is 2. The highest BCUT2D eigenvalue weighted by Crippen LogP contribution is 2.30. The molecule has 2 heterocycles. The van der Waals surface area contributed by atoms with Crippen LogP contribution in [0.25, 0.3) is 5.69 Å². The van der Waals surface area contributed by atoms with E-state index in [1.54, 1.807) is 23.3 Å². The lowest BCUT2D eigenvalue weighted by Gasteiger charge is -2.13. The van der Waals surface area contributed by atoms with E-state index in [9.17, 15) is 9.59 Å². The summed E-state index contributed by atoms with van der Waals surface area (Å²) in [6.45, 7) is 4.12. The van der Waals surface area contributed by atoms with Crippen molar-refractivity contribution in [3.05, 3.63) is 45.9 Å². The Hall–Kier alpha value is -1.73. The van der Waals surface area contributed by atoms with E-state index in [-0.39, 0.29) is 17.3 Å². The van der Waals surface area contributed by atoms with Crippen LogP contribution in [0.3, 0.4) is 0 Å². The van der Waals surface area contributed by atoms with Gasteiger partial charge in [0.05, 0.1) is 28.6 Å². The first-order valence-electron chi connectivity index (χ1n) is 7.74. The Morgan fingerprint density at radius 1 is 1.38 bits per heavy atom. The van der Waals surface area contributed by atoms with Crippen molar-refractivity contribution >= 4 is 29.5 Å². The number of carbonyl (C=O) groups is 1. The monoisotopic (exact) mass is 362 g/mol. The minimum absolute atomic E-state index is 0.0577. The van der Waals surface area contributed by atoms with E-state index in [2.05, 4.69) is 4.98 Å². The van der Waals surface area contributed by atoms with Gasteiger partial charge >= 0.3 is 5.97 Å². The highest BCUT2D eigenvalue weighted by Gasteiger charge is 2.23. The Morgan fingerprint density at radius 2 is 2.12 bits per heavy atom. The van der Waals surface area contributed by atoms with Crippen molar-refractivity contribution < 1.29 is 9.53 Å². The fourth-order valence-corrected chi connectivity index (χ4v) is 4.29. The molecule has 0 saturated carbocycles. The summed E-state index contributed by atoms with van der Waals surface area (Å²) < 4.78 is 6.57. The summed E-state index contributed by atoms with van der Waals surface area (Å²) in [5, 5.41) is 0.540. The van der Waals surface area contributed by atoms with Crippen LogP contribution in [0.2, 0.25) is 0 Å². The van der Waals surface area contributed by atoms with E-state index in [0.29, 0.717) is 11.8 Å². The van der Waals surface area contributed by atoms with Gasteiger partial charge in [0.15, 0.2) is 5.16 Å². The number of thioether (sulfide) groups is 2. The first-order chi connectivity index (χ1) is 11.6. The SMILES string of the molecule is CCOC(=O)CSc1nc2c(c(=O)n1-c1ccc(C)cc1)SCC2. The number of esters is 1. The van der Waals surface area contributed by atoms with Crippen LogP contribution in [0.15, 0.2) is 39.1 Å². The predicted molar refractivity (Wildman–Crippen MR) is 96.4 cm³/mol. The number of hydrogen-bond donors (Lipinski definition) is 0. The second-order valence-corrected chi connectivity index (χ2v) is 7.39. The first kappa shape index (κ1) is 17.1. The molecule has 3 rings (SSSR count). The summed E-state index contributed by atoms with van der Waals surface area (Å²) in [5.41, 5.74) is 2.66. The lowest BCUT2D eigenvalue weighted by atomic mass is 10.2. The van der Waals surface area contributed by atoms with Gasteiger partial charge in [0.2, 0.25) is 0 Å². The molecule has 0 aliphatic carbocycles. The van der Waals surface area contributed by atoms with Crippen LogP contribution in [0.5, 0.6) is 0 Å². The summed E-state index contributed by atoms with van der Waals surface area (Å²) in [5.74, 6) is 0.706. The smallest absolute Gasteiger partial charge is 0.316 e. The first-order valence-corrected chi connectivity index (χ1v) is 9.71. The zero-order valence-electron chi connectivity index (χ0n) is 13.6. The molecule has 0 bridgehead atoms. The van der Waals surface area contributed by atoms with Gasteiger partial charge in [-0.15, -0.1) is 11.8 Å². The van der Waals surface area contributed by atoms with Crippen molar-refractivity contribution in [1.82, 2.24) is 9.55 Å². The van der Waals surface area contributed by atoms with Gasteiger partial charge in [-0.1, -0.05) is 29.5 Å². The molecule has 0 amide bonds. The molecule has 5 nitrogen and oxygen atoms in total. The van der Waals surface area contributed by atoms with Crippen LogP contribution in [-0.2, 0) is 16.0 Å². The van der Waals surface area contributed by atoms with E-state index >= 15 is 0 Å². The van der Waals surface area contributed by atoms with Gasteiger partial charge in [0.25, 0.3) is 5.56 Å². The molecule has 0 unspecified atom stereocenters. The average molecular weight is 362 g/mol. The minimum Gasteiger partial charge on any atom is -0.465 e. The third kappa shape index (κ3) is 3.52. The van der Waals surface area contributed by atoms with Crippen LogP contribution < -0.4 is 5.56 Å². The highest BCUT2D eigenvalue weighted by atomic mass is 32.2. The van der Waals surface area contributed by atoms with E-state index in [1.165, 1.54) is 11.8 Å². The second-order valence-electron chi connectivity index (χ2n) is 5.34. The number of hydrogen-bond acceptors (Lipinski definition) is 6. The third-order valence-corrected chi connectivity index (χ3v) is 5.60. The Kier molecular flexibility index (Phi) is 5.30. The Morgan fingerprint density at radius 3 is 2.83 bits per heavy atom. The van der Waals surface area contributed by atoms with Crippen LogP contribution in [0.1, 0.15) is 18.2 Å². The summed E-state index contributed by atoms with van der Waals surface area (Å²) >= 11 is 2.79. The lowest BCUT2D eigenvalue weighted by Crippen LogP contribution is -2.24. The zero-order valence-corrected chi connectivity index (χ0v) is 15.2. The topological polar surface area (TPSA) is 61.2 Å². The van der Waals surface area contributed by atoms with Crippen LogP contribution in [0, 0.1) is 6.92 Å². The van der Waals surface area contributed by atoms with Gasteiger partial charge in [0, 0.05) is 12.2 Å². The van der Waals surface area contributed by atoms with E-state index in [0.717, 1.165) is 34.0 Å². The molecule has 24 heavy (non-hydrogen) atoms. The number of carbonyl (C=O) groups excluding carboxylic acids is 1. The highest BCUT2D eigenvalue weighted by molar-refractivity contribution is 8.00.